The molecule has 2 fully saturated rings. The number of amides is 1. The smallest absolute Gasteiger partial charge is 0.329 e. The van der Waals surface area contributed by atoms with Crippen LogP contribution in [0.1, 0.15) is 39.5 Å². The molecule has 0 aromatic heterocycles. The second-order valence-corrected chi connectivity index (χ2v) is 6.87. The van der Waals surface area contributed by atoms with E-state index in [2.05, 4.69) is 4.90 Å². The van der Waals surface area contributed by atoms with Gasteiger partial charge in [0, 0.05) is 33.2 Å². The van der Waals surface area contributed by atoms with Crippen LogP contribution in [0.4, 0.5) is 0 Å². The van der Waals surface area contributed by atoms with Crippen molar-refractivity contribution in [2.45, 2.75) is 51.7 Å². The average molecular weight is 326 g/mol. The van der Waals surface area contributed by atoms with Gasteiger partial charge in [-0.2, -0.15) is 0 Å². The molecule has 2 aliphatic rings. The molecule has 0 aliphatic carbocycles. The van der Waals surface area contributed by atoms with Crippen molar-refractivity contribution >= 4 is 11.9 Å². The van der Waals surface area contributed by atoms with E-state index in [1.54, 1.807) is 12.0 Å². The van der Waals surface area contributed by atoms with Crippen LogP contribution in [0.5, 0.6) is 0 Å². The van der Waals surface area contributed by atoms with Gasteiger partial charge >= 0.3 is 5.97 Å². The molecule has 2 rings (SSSR count). The molecule has 2 saturated heterocycles. The second-order valence-electron chi connectivity index (χ2n) is 6.87. The summed E-state index contributed by atoms with van der Waals surface area (Å²) in [5.41, 5.74) is 0. The van der Waals surface area contributed by atoms with Crippen molar-refractivity contribution in [3.05, 3.63) is 0 Å². The largest absolute Gasteiger partial charge is 0.459 e. The van der Waals surface area contributed by atoms with Gasteiger partial charge in [-0.3, -0.25) is 9.69 Å². The molecule has 0 saturated carbocycles. The van der Waals surface area contributed by atoms with Gasteiger partial charge in [0.25, 0.3) is 0 Å². The van der Waals surface area contributed by atoms with Crippen molar-refractivity contribution in [1.82, 2.24) is 9.80 Å². The summed E-state index contributed by atoms with van der Waals surface area (Å²) in [6.07, 6.45) is 3.23. The molecular formula is C17H30N2O4. The highest BCUT2D eigenvalue weighted by molar-refractivity contribution is 5.86. The molecule has 0 aromatic rings. The van der Waals surface area contributed by atoms with E-state index in [1.165, 1.54) is 0 Å². The molecule has 1 amide bonds. The lowest BCUT2D eigenvalue weighted by molar-refractivity contribution is -0.162. The fourth-order valence-corrected chi connectivity index (χ4v) is 3.49. The summed E-state index contributed by atoms with van der Waals surface area (Å²) >= 11 is 0. The highest BCUT2D eigenvalue weighted by atomic mass is 16.5. The van der Waals surface area contributed by atoms with E-state index in [1.807, 2.05) is 13.8 Å². The number of likely N-dealkylation sites (tertiary alicyclic amines) is 2. The first kappa shape index (κ1) is 18.2. The normalized spacial score (nSPS) is 24.3. The summed E-state index contributed by atoms with van der Waals surface area (Å²) < 4.78 is 10.9. The molecule has 0 radical (unpaired) electrons. The summed E-state index contributed by atoms with van der Waals surface area (Å²) in [7, 11) is 1.70. The van der Waals surface area contributed by atoms with E-state index in [0.717, 1.165) is 38.9 Å². The Bertz CT molecular complexity index is 413. The summed E-state index contributed by atoms with van der Waals surface area (Å²) in [5.74, 6) is -0.0995. The molecule has 0 bridgehead atoms. The Kier molecular flexibility index (Phi) is 6.84. The van der Waals surface area contributed by atoms with Gasteiger partial charge in [0.2, 0.25) is 5.91 Å². The molecular weight excluding hydrogens is 296 g/mol. The van der Waals surface area contributed by atoms with Gasteiger partial charge in [0.05, 0.1) is 6.61 Å². The molecule has 0 aromatic carbocycles. The van der Waals surface area contributed by atoms with E-state index in [9.17, 15) is 9.59 Å². The lowest BCUT2D eigenvalue weighted by atomic mass is 10.0. The molecule has 132 valence electrons. The van der Waals surface area contributed by atoms with E-state index >= 15 is 0 Å². The van der Waals surface area contributed by atoms with Crippen molar-refractivity contribution in [2.75, 3.05) is 39.9 Å². The van der Waals surface area contributed by atoms with Gasteiger partial charge in [0.15, 0.2) is 0 Å². The number of piperidine rings is 1. The second kappa shape index (κ2) is 8.64. The highest BCUT2D eigenvalue weighted by Crippen LogP contribution is 2.22. The number of methoxy groups -OCH3 is 1. The van der Waals surface area contributed by atoms with Crippen LogP contribution in [-0.4, -0.2) is 73.7 Å². The van der Waals surface area contributed by atoms with Crippen LogP contribution in [0, 0.1) is 5.92 Å². The Morgan fingerprint density at radius 1 is 1.30 bits per heavy atom. The van der Waals surface area contributed by atoms with Crippen molar-refractivity contribution in [2.24, 2.45) is 5.92 Å². The lowest BCUT2D eigenvalue weighted by Crippen LogP contribution is -2.49. The van der Waals surface area contributed by atoms with E-state index in [0.29, 0.717) is 19.6 Å². The van der Waals surface area contributed by atoms with Crippen molar-refractivity contribution in [3.8, 4) is 0 Å². The molecule has 6 nitrogen and oxygen atoms in total. The maximum Gasteiger partial charge on any atom is 0.329 e. The fraction of sp³-hybridized carbons (Fsp3) is 0.882. The van der Waals surface area contributed by atoms with Gasteiger partial charge in [-0.15, -0.1) is 0 Å². The van der Waals surface area contributed by atoms with Crippen molar-refractivity contribution in [3.63, 3.8) is 0 Å². The zero-order chi connectivity index (χ0) is 16.8. The summed E-state index contributed by atoms with van der Waals surface area (Å²) in [6.45, 7) is 7.96. The lowest BCUT2D eigenvalue weighted by Gasteiger charge is -2.35. The fourth-order valence-electron chi connectivity index (χ4n) is 3.49. The highest BCUT2D eigenvalue weighted by Gasteiger charge is 2.37. The Labute approximate surface area is 139 Å². The topological polar surface area (TPSA) is 59.1 Å². The molecule has 2 unspecified atom stereocenters. The van der Waals surface area contributed by atoms with Gasteiger partial charge in [-0.25, -0.2) is 4.79 Å². The minimum Gasteiger partial charge on any atom is -0.459 e. The summed E-state index contributed by atoms with van der Waals surface area (Å²) in [6, 6.07) is -0.445. The van der Waals surface area contributed by atoms with E-state index < -0.39 is 6.04 Å². The van der Waals surface area contributed by atoms with Gasteiger partial charge in [0.1, 0.15) is 12.1 Å². The number of nitrogens with zero attached hydrogens (tertiary/aromatic N) is 2. The average Bonchev–Trinajstić information content (AvgIpc) is 2.91. The third-order valence-corrected chi connectivity index (χ3v) is 4.68. The molecule has 23 heavy (non-hydrogen) atoms. The number of ether oxygens (including phenoxy) is 2. The summed E-state index contributed by atoms with van der Waals surface area (Å²) in [4.78, 5) is 28.6. The SMILES string of the molecule is COCCN1CCCC(OC(=O)C(C(C)C)N2CCCC2=O)C1. The van der Waals surface area contributed by atoms with Crippen LogP contribution < -0.4 is 0 Å². The molecule has 6 heteroatoms. The monoisotopic (exact) mass is 326 g/mol. The number of carbonyl (C=O) groups is 2. The Morgan fingerprint density at radius 3 is 2.70 bits per heavy atom. The number of hydrogen-bond acceptors (Lipinski definition) is 5. The van der Waals surface area contributed by atoms with Crippen LogP contribution in [0.25, 0.3) is 0 Å². The van der Waals surface area contributed by atoms with Crippen LogP contribution in [0.3, 0.4) is 0 Å². The number of hydrogen-bond donors (Lipinski definition) is 0. The molecule has 0 spiro atoms. The quantitative estimate of drug-likeness (QED) is 0.660. The summed E-state index contributed by atoms with van der Waals surface area (Å²) in [5, 5.41) is 0. The maximum atomic E-state index is 12.6. The third kappa shape index (κ3) is 4.91. The minimum atomic E-state index is -0.445. The number of rotatable bonds is 7. The van der Waals surface area contributed by atoms with E-state index in [4.69, 9.17) is 9.47 Å². The molecule has 2 heterocycles. The zero-order valence-electron chi connectivity index (χ0n) is 14.6. The van der Waals surface area contributed by atoms with Crippen LogP contribution in [-0.2, 0) is 19.1 Å². The van der Waals surface area contributed by atoms with E-state index in [-0.39, 0.29) is 23.9 Å². The van der Waals surface area contributed by atoms with Crippen molar-refractivity contribution < 1.29 is 19.1 Å². The zero-order valence-corrected chi connectivity index (χ0v) is 14.6. The van der Waals surface area contributed by atoms with Gasteiger partial charge in [-0.1, -0.05) is 13.8 Å². The van der Waals surface area contributed by atoms with Crippen molar-refractivity contribution in [1.29, 1.82) is 0 Å². The third-order valence-electron chi connectivity index (χ3n) is 4.68. The predicted molar refractivity (Wildman–Crippen MR) is 87.0 cm³/mol. The number of esters is 1. The van der Waals surface area contributed by atoms with Crippen LogP contribution >= 0.6 is 0 Å². The Morgan fingerprint density at radius 2 is 2.09 bits per heavy atom. The van der Waals surface area contributed by atoms with Crippen LogP contribution in [0.15, 0.2) is 0 Å². The molecule has 2 atom stereocenters. The maximum absolute atomic E-state index is 12.6. The Balaban J connectivity index is 1.91. The first-order valence-electron chi connectivity index (χ1n) is 8.74. The first-order chi connectivity index (χ1) is 11.0. The first-order valence-corrected chi connectivity index (χ1v) is 8.74. The van der Waals surface area contributed by atoms with Crippen LogP contribution in [0.2, 0.25) is 0 Å². The number of carbonyl (C=O) groups excluding carboxylic acids is 2. The molecule has 2 aliphatic heterocycles. The predicted octanol–water partition coefficient (Wildman–Crippen LogP) is 1.29. The van der Waals surface area contributed by atoms with Gasteiger partial charge < -0.3 is 14.4 Å². The molecule has 0 N–H and O–H groups in total. The van der Waals surface area contributed by atoms with Gasteiger partial charge in [-0.05, 0) is 31.7 Å². The minimum absolute atomic E-state index is 0.0673. The Hall–Kier alpha value is -1.14. The standard InChI is InChI=1S/C17H30N2O4/c1-13(2)16(19-9-5-7-15(19)20)17(21)23-14-6-4-8-18(12-14)10-11-22-3/h13-14,16H,4-12H2,1-3H3.